The van der Waals surface area contributed by atoms with Crippen LogP contribution in [0.15, 0.2) is 44.8 Å². The zero-order valence-corrected chi connectivity index (χ0v) is 11.7. The number of benzene rings is 1. The molecule has 2 aromatic rings. The van der Waals surface area contributed by atoms with Crippen LogP contribution in [0.3, 0.4) is 0 Å². The van der Waals surface area contributed by atoms with Crippen molar-refractivity contribution in [2.45, 2.75) is 6.42 Å². The maximum atomic E-state index is 9.27. The molecule has 0 saturated carbocycles. The summed E-state index contributed by atoms with van der Waals surface area (Å²) in [4.78, 5) is 7.96. The Balaban J connectivity index is 1.83. The average molecular weight is 286 g/mol. The number of aliphatic hydroxyl groups excluding tert-OH is 1. The molecule has 0 amide bonds. The van der Waals surface area contributed by atoms with E-state index in [1.54, 1.807) is 18.0 Å². The number of rotatable bonds is 3. The molecule has 0 bridgehead atoms. The maximum absolute atomic E-state index is 9.27. The summed E-state index contributed by atoms with van der Waals surface area (Å²) in [6, 6.07) is 8.23. The molecule has 3 heterocycles. The summed E-state index contributed by atoms with van der Waals surface area (Å²) in [5.74, 6) is 0. The molecule has 0 radical (unpaired) electrons. The number of hydrogen-bond donors (Lipinski definition) is 1. The third kappa shape index (κ3) is 1.77. The van der Waals surface area contributed by atoms with Gasteiger partial charge in [0.05, 0.1) is 18.5 Å². The van der Waals surface area contributed by atoms with Crippen molar-refractivity contribution >= 4 is 33.6 Å². The summed E-state index contributed by atoms with van der Waals surface area (Å²) in [6.45, 7) is 1.93. The van der Waals surface area contributed by atoms with Gasteiger partial charge < -0.3 is 14.4 Å². The van der Waals surface area contributed by atoms with E-state index in [4.69, 9.17) is 4.42 Å². The Morgan fingerprint density at radius 1 is 1.35 bits per heavy atom. The number of furan rings is 1. The third-order valence-electron chi connectivity index (χ3n) is 3.62. The zero-order valence-electron chi connectivity index (χ0n) is 10.9. The van der Waals surface area contributed by atoms with E-state index in [-0.39, 0.29) is 6.61 Å². The summed E-state index contributed by atoms with van der Waals surface area (Å²) in [6.07, 6.45) is 2.38. The van der Waals surface area contributed by atoms with Gasteiger partial charge in [-0.05, 0) is 12.1 Å². The second kappa shape index (κ2) is 4.68. The van der Waals surface area contributed by atoms with Crippen LogP contribution < -0.4 is 0 Å². The fraction of sp³-hybridized carbons (Fsp3) is 0.267. The number of nitrogens with zero attached hydrogens (tertiary/aromatic N) is 2. The number of aliphatic hydroxyl groups is 1. The van der Waals surface area contributed by atoms with Crippen molar-refractivity contribution in [2.75, 3.05) is 19.7 Å². The van der Waals surface area contributed by atoms with Crippen LogP contribution in [0.4, 0.5) is 0 Å². The van der Waals surface area contributed by atoms with Gasteiger partial charge in [0.25, 0.3) is 0 Å². The van der Waals surface area contributed by atoms with Gasteiger partial charge in [-0.2, -0.15) is 0 Å². The Morgan fingerprint density at radius 2 is 2.30 bits per heavy atom. The lowest BCUT2D eigenvalue weighted by Crippen LogP contribution is -2.20. The molecule has 0 saturated heterocycles. The number of fused-ring (bicyclic) bond motifs is 2. The number of hydrogen-bond acceptors (Lipinski definition) is 5. The first-order chi connectivity index (χ1) is 9.86. The normalized spacial score (nSPS) is 18.1. The second-order valence-electron chi connectivity index (χ2n) is 4.84. The lowest BCUT2D eigenvalue weighted by atomic mass is 10.1. The Bertz CT molecular complexity index is 732. The first-order valence-corrected chi connectivity index (χ1v) is 7.50. The van der Waals surface area contributed by atoms with E-state index >= 15 is 0 Å². The van der Waals surface area contributed by atoms with Crippen LogP contribution >= 0.6 is 11.8 Å². The molecule has 1 N–H and O–H groups in total. The van der Waals surface area contributed by atoms with Gasteiger partial charge in [0.15, 0.2) is 5.17 Å². The van der Waals surface area contributed by atoms with Crippen molar-refractivity contribution in [3.8, 4) is 0 Å². The smallest absolute Gasteiger partial charge is 0.168 e. The van der Waals surface area contributed by atoms with E-state index in [1.165, 1.54) is 10.6 Å². The van der Waals surface area contributed by atoms with E-state index in [2.05, 4.69) is 28.1 Å². The van der Waals surface area contributed by atoms with E-state index < -0.39 is 0 Å². The van der Waals surface area contributed by atoms with Crippen LogP contribution in [0.1, 0.15) is 12.0 Å². The predicted molar refractivity (Wildman–Crippen MR) is 81.4 cm³/mol. The summed E-state index contributed by atoms with van der Waals surface area (Å²) in [7, 11) is 0. The number of thioether (sulfide) groups is 1. The highest BCUT2D eigenvalue weighted by molar-refractivity contribution is 8.17. The van der Waals surface area contributed by atoms with Crippen LogP contribution in [0.25, 0.3) is 16.7 Å². The molecule has 102 valence electrons. The van der Waals surface area contributed by atoms with E-state index in [0.717, 1.165) is 34.8 Å². The molecule has 4 rings (SSSR count). The van der Waals surface area contributed by atoms with Crippen LogP contribution in [0, 0.1) is 0 Å². The summed E-state index contributed by atoms with van der Waals surface area (Å²) >= 11 is 1.68. The van der Waals surface area contributed by atoms with E-state index in [0.29, 0.717) is 6.42 Å². The van der Waals surface area contributed by atoms with Crippen LogP contribution in [0.5, 0.6) is 0 Å². The summed E-state index contributed by atoms with van der Waals surface area (Å²) in [5.41, 5.74) is 3.21. The molecular formula is C15H14N2O2S. The second-order valence-corrected chi connectivity index (χ2v) is 5.90. The van der Waals surface area contributed by atoms with Crippen molar-refractivity contribution in [3.63, 3.8) is 0 Å². The highest BCUT2D eigenvalue weighted by Gasteiger charge is 2.32. The molecule has 1 aromatic carbocycles. The van der Waals surface area contributed by atoms with Gasteiger partial charge in [-0.3, -0.25) is 4.99 Å². The molecule has 20 heavy (non-hydrogen) atoms. The number of aliphatic imine (C=N–C) groups is 1. The van der Waals surface area contributed by atoms with Crippen molar-refractivity contribution in [1.29, 1.82) is 0 Å². The maximum Gasteiger partial charge on any atom is 0.168 e. The average Bonchev–Trinajstić information content (AvgIpc) is 3.12. The molecule has 2 aliphatic heterocycles. The van der Waals surface area contributed by atoms with Crippen molar-refractivity contribution in [3.05, 3.63) is 41.0 Å². The van der Waals surface area contributed by atoms with Gasteiger partial charge >= 0.3 is 0 Å². The van der Waals surface area contributed by atoms with Gasteiger partial charge in [-0.15, -0.1) is 0 Å². The van der Waals surface area contributed by atoms with Crippen molar-refractivity contribution in [2.24, 2.45) is 4.99 Å². The molecule has 0 spiro atoms. The van der Waals surface area contributed by atoms with Gasteiger partial charge in [0, 0.05) is 35.4 Å². The highest BCUT2D eigenvalue weighted by atomic mass is 32.2. The minimum Gasteiger partial charge on any atom is -0.464 e. The Kier molecular flexibility index (Phi) is 2.82. The molecule has 2 aliphatic rings. The standard InChI is InChI=1S/C15H14N2O2S/c18-7-3-13-14(17-6-5-16-15(17)20-13)11-2-1-10-4-8-19-12(10)9-11/h1-2,4,8-9,18H,3,5-7H2. The molecule has 0 unspecified atom stereocenters. The van der Waals surface area contributed by atoms with Crippen molar-refractivity contribution in [1.82, 2.24) is 4.90 Å². The van der Waals surface area contributed by atoms with E-state index in [9.17, 15) is 5.11 Å². The van der Waals surface area contributed by atoms with Gasteiger partial charge in [0.1, 0.15) is 5.58 Å². The quantitative estimate of drug-likeness (QED) is 0.942. The van der Waals surface area contributed by atoms with Gasteiger partial charge in [-0.25, -0.2) is 0 Å². The Labute approximate surface area is 120 Å². The molecule has 1 aromatic heterocycles. The fourth-order valence-corrected chi connectivity index (χ4v) is 3.91. The first kappa shape index (κ1) is 12.1. The molecule has 4 nitrogen and oxygen atoms in total. The monoisotopic (exact) mass is 286 g/mol. The third-order valence-corrected chi connectivity index (χ3v) is 4.79. The Hall–Kier alpha value is -1.72. The molecule has 5 heteroatoms. The predicted octanol–water partition coefficient (Wildman–Crippen LogP) is 2.90. The van der Waals surface area contributed by atoms with Crippen molar-refractivity contribution < 1.29 is 9.52 Å². The van der Waals surface area contributed by atoms with Gasteiger partial charge in [0.2, 0.25) is 0 Å². The van der Waals surface area contributed by atoms with Crippen LogP contribution in [-0.2, 0) is 0 Å². The molecular weight excluding hydrogens is 272 g/mol. The topological polar surface area (TPSA) is 49.0 Å². The largest absolute Gasteiger partial charge is 0.464 e. The Morgan fingerprint density at radius 3 is 3.20 bits per heavy atom. The van der Waals surface area contributed by atoms with Crippen LogP contribution in [0.2, 0.25) is 0 Å². The zero-order chi connectivity index (χ0) is 13.5. The summed E-state index contributed by atoms with van der Waals surface area (Å²) < 4.78 is 5.50. The van der Waals surface area contributed by atoms with E-state index in [1.807, 2.05) is 6.07 Å². The number of amidine groups is 1. The molecule has 0 fully saturated rings. The molecule has 0 atom stereocenters. The minimum atomic E-state index is 0.163. The lowest BCUT2D eigenvalue weighted by Gasteiger charge is -2.17. The fourth-order valence-electron chi connectivity index (χ4n) is 2.72. The lowest BCUT2D eigenvalue weighted by molar-refractivity contribution is 0.301. The summed E-state index contributed by atoms with van der Waals surface area (Å²) in [5, 5.41) is 11.4. The molecule has 0 aliphatic carbocycles. The highest BCUT2D eigenvalue weighted by Crippen LogP contribution is 2.43. The first-order valence-electron chi connectivity index (χ1n) is 6.68. The minimum absolute atomic E-state index is 0.163. The van der Waals surface area contributed by atoms with Gasteiger partial charge in [-0.1, -0.05) is 23.9 Å². The van der Waals surface area contributed by atoms with Crippen LogP contribution in [-0.4, -0.2) is 34.9 Å². The SMILES string of the molecule is OCCC1=C(c2ccc3ccoc3c2)N2CCN=C2S1.